The van der Waals surface area contributed by atoms with Crippen molar-refractivity contribution in [3.63, 3.8) is 0 Å². The van der Waals surface area contributed by atoms with Crippen LogP contribution in [0.4, 0.5) is 5.69 Å². The minimum atomic E-state index is -3.60. The Morgan fingerprint density at radius 1 is 1.47 bits per heavy atom. The Hall–Kier alpha value is -1.63. The number of carbonyl (C=O) groups excluding carboxylic acids is 1. The lowest BCUT2D eigenvalue weighted by molar-refractivity contribution is -0.128. The summed E-state index contributed by atoms with van der Waals surface area (Å²) >= 11 is 0. The third-order valence-corrected chi connectivity index (χ3v) is 3.85. The fourth-order valence-electron chi connectivity index (χ4n) is 1.21. The first-order valence-corrected chi connectivity index (χ1v) is 6.63. The van der Waals surface area contributed by atoms with Gasteiger partial charge in [0, 0.05) is 26.7 Å². The molecule has 0 aliphatic carbocycles. The van der Waals surface area contributed by atoms with Gasteiger partial charge in [0.05, 0.1) is 11.4 Å². The van der Waals surface area contributed by atoms with Gasteiger partial charge in [0.2, 0.25) is 5.91 Å². The monoisotopic (exact) mass is 257 g/mol. The summed E-state index contributed by atoms with van der Waals surface area (Å²) in [6, 6.07) is 3.02. The number of carbonyl (C=O) groups is 1. The molecular weight excluding hydrogens is 242 g/mol. The Bertz CT molecular complexity index is 511. The van der Waals surface area contributed by atoms with Gasteiger partial charge in [0.25, 0.3) is 0 Å². The summed E-state index contributed by atoms with van der Waals surface area (Å²) < 4.78 is 23.7. The summed E-state index contributed by atoms with van der Waals surface area (Å²) in [5.41, 5.74) is 5.64. The van der Waals surface area contributed by atoms with Gasteiger partial charge in [-0.15, -0.1) is 0 Å². The van der Waals surface area contributed by atoms with Gasteiger partial charge >= 0.3 is 0 Å². The number of hydrogen-bond acceptors (Lipinski definition) is 5. The van der Waals surface area contributed by atoms with Crippen LogP contribution < -0.4 is 5.73 Å². The van der Waals surface area contributed by atoms with Crippen molar-refractivity contribution >= 4 is 21.4 Å². The van der Waals surface area contributed by atoms with Crippen LogP contribution in [0.5, 0.6) is 0 Å². The molecule has 0 bridgehead atoms. The molecule has 0 aromatic carbocycles. The molecule has 1 aromatic heterocycles. The van der Waals surface area contributed by atoms with Crippen molar-refractivity contribution in [2.75, 3.05) is 25.6 Å². The maximum Gasteiger partial charge on any atom is 0.223 e. The van der Waals surface area contributed by atoms with Crippen molar-refractivity contribution in [2.45, 2.75) is 11.4 Å². The Labute approximate surface area is 100 Å². The van der Waals surface area contributed by atoms with Crippen molar-refractivity contribution < 1.29 is 13.2 Å². The van der Waals surface area contributed by atoms with Gasteiger partial charge in [0.1, 0.15) is 0 Å². The molecule has 0 spiro atoms. The highest BCUT2D eigenvalue weighted by molar-refractivity contribution is 7.91. The normalized spacial score (nSPS) is 11.2. The van der Waals surface area contributed by atoms with E-state index in [0.717, 1.165) is 0 Å². The second-order valence-corrected chi connectivity index (χ2v) is 5.78. The van der Waals surface area contributed by atoms with Crippen LogP contribution in [0.1, 0.15) is 6.42 Å². The van der Waals surface area contributed by atoms with Crippen LogP contribution in [0, 0.1) is 0 Å². The fraction of sp³-hybridized carbons (Fsp3) is 0.400. The molecule has 2 N–H and O–H groups in total. The van der Waals surface area contributed by atoms with E-state index in [1.807, 2.05) is 0 Å². The number of anilines is 1. The van der Waals surface area contributed by atoms with Crippen LogP contribution in [0.2, 0.25) is 0 Å². The molecule has 94 valence electrons. The lowest BCUT2D eigenvalue weighted by atomic mass is 10.4. The number of rotatable bonds is 4. The van der Waals surface area contributed by atoms with E-state index in [9.17, 15) is 13.2 Å². The largest absolute Gasteiger partial charge is 0.396 e. The lowest BCUT2D eigenvalue weighted by Gasteiger charge is -2.10. The predicted octanol–water partition coefficient (Wildman–Crippen LogP) is -0.0842. The Morgan fingerprint density at radius 3 is 2.65 bits per heavy atom. The molecule has 0 saturated heterocycles. The second kappa shape index (κ2) is 5.13. The van der Waals surface area contributed by atoms with Crippen LogP contribution in [0.25, 0.3) is 0 Å². The third-order valence-electron chi connectivity index (χ3n) is 2.18. The van der Waals surface area contributed by atoms with Gasteiger partial charge in [-0.3, -0.25) is 4.79 Å². The first kappa shape index (κ1) is 13.4. The van der Waals surface area contributed by atoms with Gasteiger partial charge in [-0.1, -0.05) is 0 Å². The molecule has 17 heavy (non-hydrogen) atoms. The number of amides is 1. The summed E-state index contributed by atoms with van der Waals surface area (Å²) in [4.78, 5) is 16.4. The number of sulfone groups is 1. The maximum atomic E-state index is 11.9. The Balaban J connectivity index is 2.84. The summed E-state index contributed by atoms with van der Waals surface area (Å²) in [6.45, 7) is 0. The molecule has 0 radical (unpaired) electrons. The second-order valence-electron chi connectivity index (χ2n) is 3.75. The minimum Gasteiger partial charge on any atom is -0.396 e. The van der Waals surface area contributed by atoms with Gasteiger partial charge in [0.15, 0.2) is 14.9 Å². The van der Waals surface area contributed by atoms with E-state index in [1.165, 1.54) is 17.2 Å². The van der Waals surface area contributed by atoms with Crippen LogP contribution in [0.15, 0.2) is 23.4 Å². The van der Waals surface area contributed by atoms with Crippen molar-refractivity contribution in [2.24, 2.45) is 0 Å². The molecule has 1 aromatic rings. The third kappa shape index (κ3) is 3.42. The van der Waals surface area contributed by atoms with Crippen LogP contribution in [0.3, 0.4) is 0 Å². The maximum absolute atomic E-state index is 11.9. The standard InChI is InChI=1S/C10H15N3O3S/c1-13(2)9(14)5-7-17(15,16)10-8(11)4-3-6-12-10/h3-4,6H,5,7,11H2,1-2H3. The summed E-state index contributed by atoms with van der Waals surface area (Å²) in [7, 11) is -0.456. The SMILES string of the molecule is CN(C)C(=O)CCS(=O)(=O)c1ncccc1N. The van der Waals surface area contributed by atoms with Crippen molar-refractivity contribution in [1.29, 1.82) is 0 Å². The lowest BCUT2D eigenvalue weighted by Crippen LogP contribution is -2.24. The predicted molar refractivity (Wildman–Crippen MR) is 64.0 cm³/mol. The number of nitrogens with zero attached hydrogens (tertiary/aromatic N) is 2. The first-order valence-electron chi connectivity index (χ1n) is 4.98. The molecule has 0 unspecified atom stereocenters. The molecule has 6 nitrogen and oxygen atoms in total. The van der Waals surface area contributed by atoms with E-state index in [1.54, 1.807) is 20.2 Å². The zero-order chi connectivity index (χ0) is 13.1. The highest BCUT2D eigenvalue weighted by Gasteiger charge is 2.20. The molecule has 7 heteroatoms. The quantitative estimate of drug-likeness (QED) is 0.814. The zero-order valence-corrected chi connectivity index (χ0v) is 10.6. The van der Waals surface area contributed by atoms with Crippen molar-refractivity contribution in [3.05, 3.63) is 18.3 Å². The number of nitrogen functional groups attached to an aromatic ring is 1. The first-order chi connectivity index (χ1) is 7.84. The van der Waals surface area contributed by atoms with Crippen LogP contribution in [-0.2, 0) is 14.6 Å². The number of hydrogen-bond donors (Lipinski definition) is 1. The van der Waals surface area contributed by atoms with Crippen LogP contribution >= 0.6 is 0 Å². The molecule has 0 aliphatic rings. The number of aromatic nitrogens is 1. The van der Waals surface area contributed by atoms with E-state index in [-0.39, 0.29) is 28.8 Å². The number of nitrogens with two attached hydrogens (primary N) is 1. The van der Waals surface area contributed by atoms with E-state index < -0.39 is 9.84 Å². The van der Waals surface area contributed by atoms with Crippen LogP contribution in [-0.4, -0.2) is 44.1 Å². The summed E-state index contributed by atoms with van der Waals surface area (Å²) in [6.07, 6.45) is 1.28. The molecule has 0 aliphatic heterocycles. The van der Waals surface area contributed by atoms with E-state index in [2.05, 4.69) is 4.98 Å². The summed E-state index contributed by atoms with van der Waals surface area (Å²) in [5.74, 6) is -0.534. The molecule has 0 fully saturated rings. The smallest absolute Gasteiger partial charge is 0.223 e. The number of pyridine rings is 1. The highest BCUT2D eigenvalue weighted by atomic mass is 32.2. The Morgan fingerprint density at radius 2 is 2.12 bits per heavy atom. The highest BCUT2D eigenvalue weighted by Crippen LogP contribution is 2.16. The van der Waals surface area contributed by atoms with E-state index in [4.69, 9.17) is 5.73 Å². The van der Waals surface area contributed by atoms with E-state index in [0.29, 0.717) is 0 Å². The molecule has 0 saturated carbocycles. The molecule has 1 heterocycles. The van der Waals surface area contributed by atoms with Gasteiger partial charge in [-0.05, 0) is 12.1 Å². The Kier molecular flexibility index (Phi) is 4.06. The van der Waals surface area contributed by atoms with E-state index >= 15 is 0 Å². The fourth-order valence-corrected chi connectivity index (χ4v) is 2.49. The average Bonchev–Trinajstić information content (AvgIpc) is 2.26. The average molecular weight is 257 g/mol. The zero-order valence-electron chi connectivity index (χ0n) is 9.75. The molecule has 1 amide bonds. The molecule has 1 rings (SSSR count). The molecular formula is C10H15N3O3S. The van der Waals surface area contributed by atoms with Gasteiger partial charge in [-0.2, -0.15) is 0 Å². The summed E-state index contributed by atoms with van der Waals surface area (Å²) in [5, 5.41) is -0.161. The van der Waals surface area contributed by atoms with Gasteiger partial charge in [-0.25, -0.2) is 13.4 Å². The molecule has 0 atom stereocenters. The van der Waals surface area contributed by atoms with Crippen molar-refractivity contribution in [1.82, 2.24) is 9.88 Å². The minimum absolute atomic E-state index is 0.0780. The van der Waals surface area contributed by atoms with Gasteiger partial charge < -0.3 is 10.6 Å². The van der Waals surface area contributed by atoms with Crippen molar-refractivity contribution in [3.8, 4) is 0 Å². The topological polar surface area (TPSA) is 93.4 Å².